The van der Waals surface area contributed by atoms with E-state index in [0.29, 0.717) is 6.04 Å². The predicted octanol–water partition coefficient (Wildman–Crippen LogP) is 1.88. The molecule has 0 spiro atoms. The van der Waals surface area contributed by atoms with E-state index >= 15 is 0 Å². The molecule has 1 aliphatic heterocycles. The van der Waals surface area contributed by atoms with Crippen LogP contribution in [0.3, 0.4) is 0 Å². The molecular weight excluding hydrogens is 174 g/mol. The van der Waals surface area contributed by atoms with Gasteiger partial charge in [-0.1, -0.05) is 12.5 Å². The Morgan fingerprint density at radius 2 is 2.57 bits per heavy atom. The zero-order chi connectivity index (χ0) is 9.80. The summed E-state index contributed by atoms with van der Waals surface area (Å²) < 4.78 is 2.16. The first-order valence-corrected chi connectivity index (χ1v) is 5.26. The van der Waals surface area contributed by atoms with E-state index in [4.69, 9.17) is 0 Å². The molecule has 0 saturated carbocycles. The Kier molecular flexibility index (Phi) is 2.99. The fourth-order valence-corrected chi connectivity index (χ4v) is 2.02. The van der Waals surface area contributed by atoms with E-state index in [-0.39, 0.29) is 0 Å². The van der Waals surface area contributed by atoms with Crippen LogP contribution < -0.4 is 5.32 Å². The number of hydrogen-bond acceptors (Lipinski definition) is 2. The fourth-order valence-electron chi connectivity index (χ4n) is 2.02. The van der Waals surface area contributed by atoms with Crippen molar-refractivity contribution in [3.8, 4) is 0 Å². The molecule has 3 nitrogen and oxygen atoms in total. The summed E-state index contributed by atoms with van der Waals surface area (Å²) in [6.07, 6.45) is 9.60. The minimum Gasteiger partial charge on any atom is -0.329 e. The van der Waals surface area contributed by atoms with E-state index in [1.165, 1.54) is 25.0 Å². The Bertz CT molecular complexity index is 297. The molecule has 76 valence electrons. The highest BCUT2D eigenvalue weighted by molar-refractivity contribution is 5.07. The summed E-state index contributed by atoms with van der Waals surface area (Å²) >= 11 is 0. The maximum absolute atomic E-state index is 4.19. The molecule has 1 aliphatic rings. The molecule has 1 N–H and O–H groups in total. The van der Waals surface area contributed by atoms with Crippen LogP contribution in [0.5, 0.6) is 0 Å². The molecule has 1 aromatic rings. The first-order valence-electron chi connectivity index (χ1n) is 5.26. The molecule has 1 aromatic heterocycles. The van der Waals surface area contributed by atoms with Crippen LogP contribution in [0.1, 0.15) is 31.0 Å². The first kappa shape index (κ1) is 9.46. The van der Waals surface area contributed by atoms with Crippen molar-refractivity contribution in [1.82, 2.24) is 14.9 Å². The molecule has 0 amide bonds. The van der Waals surface area contributed by atoms with Crippen LogP contribution in [-0.2, 0) is 6.54 Å². The number of rotatable bonds is 3. The lowest BCUT2D eigenvalue weighted by molar-refractivity contribution is 0.396. The van der Waals surface area contributed by atoms with Crippen molar-refractivity contribution in [2.45, 2.75) is 31.8 Å². The summed E-state index contributed by atoms with van der Waals surface area (Å²) in [6, 6.07) is 0.492. The minimum absolute atomic E-state index is 0.492. The average Bonchev–Trinajstić information content (AvgIpc) is 2.68. The van der Waals surface area contributed by atoms with Crippen LogP contribution in [-0.4, -0.2) is 16.1 Å². The Hall–Kier alpha value is -1.09. The Labute approximate surface area is 84.8 Å². The Morgan fingerprint density at radius 3 is 3.29 bits per heavy atom. The maximum atomic E-state index is 4.19. The lowest BCUT2D eigenvalue weighted by atomic mass is 10.0. The standard InChI is InChI=1S/C11H17N3/c1-2-7-14-9-12-8-11(14)10-5-3-4-6-13-10/h2,8-10,13H,1,3-7H2. The van der Waals surface area contributed by atoms with Gasteiger partial charge in [0, 0.05) is 18.8 Å². The van der Waals surface area contributed by atoms with Crippen molar-refractivity contribution >= 4 is 0 Å². The van der Waals surface area contributed by atoms with Gasteiger partial charge in [-0.3, -0.25) is 0 Å². The minimum atomic E-state index is 0.492. The van der Waals surface area contributed by atoms with E-state index < -0.39 is 0 Å². The number of hydrogen-bond donors (Lipinski definition) is 1. The molecule has 0 radical (unpaired) electrons. The van der Waals surface area contributed by atoms with Gasteiger partial charge in [0.2, 0.25) is 0 Å². The third kappa shape index (κ3) is 1.87. The second-order valence-corrected chi connectivity index (χ2v) is 3.76. The zero-order valence-corrected chi connectivity index (χ0v) is 8.45. The van der Waals surface area contributed by atoms with Gasteiger partial charge in [0.15, 0.2) is 0 Å². The molecule has 0 aromatic carbocycles. The number of allylic oxidation sites excluding steroid dienone is 1. The SMILES string of the molecule is C=CCn1cncc1C1CCCCN1. The third-order valence-electron chi connectivity index (χ3n) is 2.74. The second-order valence-electron chi connectivity index (χ2n) is 3.76. The van der Waals surface area contributed by atoms with Crippen molar-refractivity contribution in [2.24, 2.45) is 0 Å². The molecular formula is C11H17N3. The summed E-state index contributed by atoms with van der Waals surface area (Å²) in [5, 5.41) is 3.53. The summed E-state index contributed by atoms with van der Waals surface area (Å²) in [7, 11) is 0. The van der Waals surface area contributed by atoms with Gasteiger partial charge in [-0.2, -0.15) is 0 Å². The van der Waals surface area contributed by atoms with Crippen LogP contribution in [0, 0.1) is 0 Å². The molecule has 0 aliphatic carbocycles. The van der Waals surface area contributed by atoms with Crippen molar-refractivity contribution < 1.29 is 0 Å². The van der Waals surface area contributed by atoms with Gasteiger partial charge >= 0.3 is 0 Å². The molecule has 1 fully saturated rings. The molecule has 14 heavy (non-hydrogen) atoms. The van der Waals surface area contributed by atoms with Gasteiger partial charge in [-0.05, 0) is 19.4 Å². The van der Waals surface area contributed by atoms with Crippen LogP contribution in [0.25, 0.3) is 0 Å². The number of nitrogens with one attached hydrogen (secondary N) is 1. The number of imidazole rings is 1. The van der Waals surface area contributed by atoms with Crippen LogP contribution >= 0.6 is 0 Å². The summed E-state index contributed by atoms with van der Waals surface area (Å²) in [6.45, 7) is 5.74. The van der Waals surface area contributed by atoms with E-state index in [2.05, 4.69) is 21.4 Å². The van der Waals surface area contributed by atoms with Gasteiger partial charge in [-0.25, -0.2) is 4.98 Å². The van der Waals surface area contributed by atoms with Gasteiger partial charge in [0.05, 0.1) is 12.0 Å². The van der Waals surface area contributed by atoms with Crippen molar-refractivity contribution in [3.63, 3.8) is 0 Å². The molecule has 0 bridgehead atoms. The van der Waals surface area contributed by atoms with E-state index in [1.54, 1.807) is 0 Å². The summed E-state index contributed by atoms with van der Waals surface area (Å²) in [5.41, 5.74) is 1.30. The van der Waals surface area contributed by atoms with Gasteiger partial charge in [0.1, 0.15) is 0 Å². The lowest BCUT2D eigenvalue weighted by Crippen LogP contribution is -2.28. The molecule has 2 heterocycles. The van der Waals surface area contributed by atoms with Crippen LogP contribution in [0.4, 0.5) is 0 Å². The maximum Gasteiger partial charge on any atom is 0.0951 e. The Morgan fingerprint density at radius 1 is 1.64 bits per heavy atom. The molecule has 2 rings (SSSR count). The topological polar surface area (TPSA) is 29.9 Å². The van der Waals surface area contributed by atoms with Crippen LogP contribution in [0.15, 0.2) is 25.2 Å². The van der Waals surface area contributed by atoms with E-state index in [9.17, 15) is 0 Å². The normalized spacial score (nSPS) is 22.1. The highest BCUT2D eigenvalue weighted by atomic mass is 15.1. The monoisotopic (exact) mass is 191 g/mol. The third-order valence-corrected chi connectivity index (χ3v) is 2.74. The van der Waals surface area contributed by atoms with Gasteiger partial charge < -0.3 is 9.88 Å². The highest BCUT2D eigenvalue weighted by Gasteiger charge is 2.17. The van der Waals surface area contributed by atoms with Crippen molar-refractivity contribution in [1.29, 1.82) is 0 Å². The zero-order valence-electron chi connectivity index (χ0n) is 8.45. The fraction of sp³-hybridized carbons (Fsp3) is 0.545. The number of nitrogens with zero attached hydrogens (tertiary/aromatic N) is 2. The van der Waals surface area contributed by atoms with E-state index in [1.807, 2.05) is 18.6 Å². The largest absolute Gasteiger partial charge is 0.329 e. The molecule has 1 atom stereocenters. The second kappa shape index (κ2) is 4.42. The van der Waals surface area contributed by atoms with Crippen LogP contribution in [0.2, 0.25) is 0 Å². The average molecular weight is 191 g/mol. The Balaban J connectivity index is 2.12. The number of aromatic nitrogens is 2. The molecule has 1 unspecified atom stereocenters. The molecule has 1 saturated heterocycles. The highest BCUT2D eigenvalue weighted by Crippen LogP contribution is 2.22. The smallest absolute Gasteiger partial charge is 0.0951 e. The van der Waals surface area contributed by atoms with Crippen molar-refractivity contribution in [3.05, 3.63) is 30.9 Å². The lowest BCUT2D eigenvalue weighted by Gasteiger charge is -2.24. The summed E-state index contributed by atoms with van der Waals surface area (Å²) in [4.78, 5) is 4.19. The first-order chi connectivity index (χ1) is 6.92. The van der Waals surface area contributed by atoms with E-state index in [0.717, 1.165) is 13.1 Å². The summed E-state index contributed by atoms with van der Waals surface area (Å²) in [5.74, 6) is 0. The predicted molar refractivity (Wildman–Crippen MR) is 57.0 cm³/mol. The van der Waals surface area contributed by atoms with Gasteiger partial charge in [-0.15, -0.1) is 6.58 Å². The number of piperidine rings is 1. The van der Waals surface area contributed by atoms with Gasteiger partial charge in [0.25, 0.3) is 0 Å². The quantitative estimate of drug-likeness (QED) is 0.739. The molecule has 3 heteroatoms. The van der Waals surface area contributed by atoms with Crippen molar-refractivity contribution in [2.75, 3.05) is 6.54 Å².